The van der Waals surface area contributed by atoms with E-state index in [9.17, 15) is 18.6 Å². The Morgan fingerprint density at radius 2 is 1.84 bits per heavy atom. The van der Waals surface area contributed by atoms with Crippen LogP contribution in [0.4, 0.5) is 0 Å². The Balaban J connectivity index is 2.52. The van der Waals surface area contributed by atoms with Gasteiger partial charge in [0, 0.05) is 17.2 Å². The minimum atomic E-state index is -5.59. The van der Waals surface area contributed by atoms with Gasteiger partial charge in [-0.15, -0.1) is 12.3 Å². The lowest BCUT2D eigenvalue weighted by Crippen LogP contribution is -2.29. The van der Waals surface area contributed by atoms with Crippen molar-refractivity contribution >= 4 is 52.9 Å². The van der Waals surface area contributed by atoms with Gasteiger partial charge in [-0.3, -0.25) is 4.52 Å². The zero-order chi connectivity index (χ0) is 23.9. The van der Waals surface area contributed by atoms with Gasteiger partial charge in [0.2, 0.25) is 0 Å². The van der Waals surface area contributed by atoms with Crippen LogP contribution in [-0.4, -0.2) is 62.9 Å². The molecule has 1 heterocycles. The van der Waals surface area contributed by atoms with Gasteiger partial charge in [-0.1, -0.05) is 21.6 Å². The molecule has 31 heavy (non-hydrogen) atoms. The van der Waals surface area contributed by atoms with Crippen LogP contribution in [0.5, 0.6) is 0 Å². The van der Waals surface area contributed by atoms with Crippen LogP contribution in [0.2, 0.25) is 0 Å². The van der Waals surface area contributed by atoms with Gasteiger partial charge in [-0.25, -0.2) is 13.7 Å². The van der Waals surface area contributed by atoms with Crippen molar-refractivity contribution in [2.24, 2.45) is 0 Å². The number of phosphoric acid groups is 3. The molecule has 0 bridgehead atoms. The van der Waals surface area contributed by atoms with E-state index in [4.69, 9.17) is 38.4 Å². The van der Waals surface area contributed by atoms with Gasteiger partial charge in [0.25, 0.3) is 0 Å². The van der Waals surface area contributed by atoms with Crippen LogP contribution in [0, 0.1) is 12.3 Å². The molecule has 1 fully saturated rings. The van der Waals surface area contributed by atoms with E-state index in [0.29, 0.717) is 6.42 Å². The molecule has 5 atom stereocenters. The monoisotopic (exact) mass is 540 g/mol. The molecular formula is C13H24BO12P3S2. The molecule has 1 saturated heterocycles. The lowest BCUT2D eigenvalue weighted by atomic mass is 9.96. The molecule has 2 radical (unpaired) electrons. The fourth-order valence-electron chi connectivity index (χ4n) is 2.25. The molecule has 18 heteroatoms. The molecule has 0 aromatic rings. The molecule has 178 valence electrons. The second-order valence-electron chi connectivity index (χ2n) is 6.82. The number of rotatable bonds is 14. The van der Waals surface area contributed by atoms with Crippen LogP contribution in [0.1, 0.15) is 33.1 Å². The highest BCUT2D eigenvalue weighted by molar-refractivity contribution is 8.77. The summed E-state index contributed by atoms with van der Waals surface area (Å²) in [5, 5.41) is 0. The summed E-state index contributed by atoms with van der Waals surface area (Å²) in [4.78, 5) is 35.7. The van der Waals surface area contributed by atoms with Crippen LogP contribution in [-0.2, 0) is 36.3 Å². The Morgan fingerprint density at radius 1 is 1.19 bits per heavy atom. The lowest BCUT2D eigenvalue weighted by molar-refractivity contribution is -0.0237. The van der Waals surface area contributed by atoms with E-state index in [1.165, 1.54) is 10.8 Å². The van der Waals surface area contributed by atoms with Crippen molar-refractivity contribution in [2.45, 2.75) is 56.1 Å². The first-order valence-electron chi connectivity index (χ1n) is 8.59. The highest BCUT2D eigenvalue weighted by Gasteiger charge is 2.42. The van der Waals surface area contributed by atoms with E-state index in [1.54, 1.807) is 10.8 Å². The number of ether oxygens (including phenoxy) is 2. The molecule has 1 aliphatic heterocycles. The zero-order valence-corrected chi connectivity index (χ0v) is 21.0. The quantitative estimate of drug-likeness (QED) is 0.0631. The summed E-state index contributed by atoms with van der Waals surface area (Å²) < 4.78 is 56.6. The minimum absolute atomic E-state index is 0.0697. The summed E-state index contributed by atoms with van der Waals surface area (Å²) in [5.41, 5.74) is 0. The second kappa shape index (κ2) is 12.4. The Hall–Kier alpha value is 0.655. The van der Waals surface area contributed by atoms with E-state index in [1.807, 2.05) is 13.8 Å². The number of hydrogen-bond acceptors (Lipinski definition) is 10. The Bertz CT molecular complexity index is 771. The maximum Gasteiger partial charge on any atom is 0.490 e. The fraction of sp³-hybridized carbons (Fsp3) is 0.846. The maximum atomic E-state index is 11.8. The van der Waals surface area contributed by atoms with E-state index in [2.05, 4.69) is 19.1 Å². The third kappa shape index (κ3) is 13.2. The van der Waals surface area contributed by atoms with Gasteiger partial charge < -0.3 is 29.0 Å². The molecule has 0 spiro atoms. The van der Waals surface area contributed by atoms with Gasteiger partial charge >= 0.3 is 23.5 Å². The van der Waals surface area contributed by atoms with Crippen molar-refractivity contribution in [1.82, 2.24) is 0 Å². The molecule has 0 amide bonds. The average molecular weight is 540 g/mol. The summed E-state index contributed by atoms with van der Waals surface area (Å²) in [7, 11) is -7.57. The standard InChI is InChI=1S/C13H24BO12P3S2/c1-4-5-6-13(2,3)31-30-9-22-10-7-12(14)24-11(10)8-23-28(18,19)26-29(20,21)25-27(15,16)17/h1,10-12H,5-9H2,2-3H3,(H,18,19)(H,20,21)(H2,15,16,17)/t10-,11?,12-/m1/s1. The molecule has 1 rings (SSSR count). The van der Waals surface area contributed by atoms with E-state index in [0.717, 1.165) is 6.42 Å². The van der Waals surface area contributed by atoms with Crippen molar-refractivity contribution in [2.75, 3.05) is 12.5 Å². The van der Waals surface area contributed by atoms with Crippen molar-refractivity contribution in [3.63, 3.8) is 0 Å². The number of phosphoric ester groups is 1. The Labute approximate surface area is 189 Å². The largest absolute Gasteiger partial charge is 0.490 e. The van der Waals surface area contributed by atoms with Gasteiger partial charge in [0.1, 0.15) is 19.9 Å². The summed E-state index contributed by atoms with van der Waals surface area (Å²) in [6, 6.07) is -0.732. The third-order valence-electron chi connectivity index (χ3n) is 3.53. The molecule has 0 aliphatic carbocycles. The van der Waals surface area contributed by atoms with Crippen LogP contribution in [0.15, 0.2) is 0 Å². The molecule has 12 nitrogen and oxygen atoms in total. The first kappa shape index (κ1) is 29.7. The number of hydrogen-bond donors (Lipinski definition) is 4. The summed E-state index contributed by atoms with van der Waals surface area (Å²) in [6.45, 7) is 3.47. The average Bonchev–Trinajstić information content (AvgIpc) is 2.92. The van der Waals surface area contributed by atoms with Crippen LogP contribution in [0.3, 0.4) is 0 Å². The lowest BCUT2D eigenvalue weighted by Gasteiger charge is -2.23. The highest BCUT2D eigenvalue weighted by Crippen LogP contribution is 2.66. The minimum Gasteiger partial charge on any atom is -0.380 e. The summed E-state index contributed by atoms with van der Waals surface area (Å²) in [6.07, 6.45) is 5.49. The smallest absolute Gasteiger partial charge is 0.380 e. The molecule has 3 unspecified atom stereocenters. The Morgan fingerprint density at radius 3 is 2.42 bits per heavy atom. The molecule has 0 aromatic heterocycles. The first-order chi connectivity index (χ1) is 14.0. The number of terminal acetylenes is 1. The summed E-state index contributed by atoms with van der Waals surface area (Å²) in [5.74, 6) is 2.84. The summed E-state index contributed by atoms with van der Waals surface area (Å²) >= 11 is 0. The molecular weight excluding hydrogens is 516 g/mol. The highest BCUT2D eigenvalue weighted by atomic mass is 33.1. The van der Waals surface area contributed by atoms with Crippen molar-refractivity contribution in [1.29, 1.82) is 0 Å². The van der Waals surface area contributed by atoms with Gasteiger partial charge in [0.05, 0.1) is 12.7 Å². The molecule has 4 N–H and O–H groups in total. The van der Waals surface area contributed by atoms with Crippen molar-refractivity contribution < 1.29 is 55.9 Å². The predicted molar refractivity (Wildman–Crippen MR) is 116 cm³/mol. The van der Waals surface area contributed by atoms with E-state index >= 15 is 0 Å². The van der Waals surface area contributed by atoms with Crippen LogP contribution in [0.25, 0.3) is 0 Å². The van der Waals surface area contributed by atoms with E-state index in [-0.39, 0.29) is 17.1 Å². The van der Waals surface area contributed by atoms with Crippen LogP contribution < -0.4 is 0 Å². The van der Waals surface area contributed by atoms with E-state index < -0.39 is 48.3 Å². The molecule has 1 aliphatic rings. The van der Waals surface area contributed by atoms with Crippen LogP contribution >= 0.6 is 45.1 Å². The Kier molecular flexibility index (Phi) is 11.9. The topological polar surface area (TPSA) is 178 Å². The van der Waals surface area contributed by atoms with Gasteiger partial charge in [-0.2, -0.15) is 8.62 Å². The van der Waals surface area contributed by atoms with Crippen molar-refractivity contribution in [3.8, 4) is 12.3 Å². The first-order valence-corrected chi connectivity index (χ1v) is 15.4. The normalized spacial score (nSPS) is 26.2. The zero-order valence-electron chi connectivity index (χ0n) is 16.6. The fourth-order valence-corrected chi connectivity index (χ4v) is 7.59. The second-order valence-corrected chi connectivity index (χ2v) is 14.2. The van der Waals surface area contributed by atoms with Gasteiger partial charge in [0.15, 0.2) is 0 Å². The van der Waals surface area contributed by atoms with Gasteiger partial charge in [-0.05, 0) is 26.7 Å². The SMILES string of the molecule is [B][C@H]1C[C@@H](OCSSC(C)(C)CCC#C)C(COP(=O)(O)OP(=O)(O)OP(=O)(O)O)O1. The third-order valence-corrected chi connectivity index (χ3v) is 10.3. The maximum absolute atomic E-state index is 11.8. The predicted octanol–water partition coefficient (Wildman–Crippen LogP) is 2.53. The van der Waals surface area contributed by atoms with Crippen molar-refractivity contribution in [3.05, 3.63) is 0 Å². The molecule has 0 aromatic carbocycles. The molecule has 0 saturated carbocycles.